The third kappa shape index (κ3) is 4.96. The lowest BCUT2D eigenvalue weighted by atomic mass is 10.1. The Bertz CT molecular complexity index is 327. The van der Waals surface area contributed by atoms with Crippen molar-refractivity contribution in [2.24, 2.45) is 0 Å². The molecule has 0 bridgehead atoms. The number of hydrogen-bond acceptors (Lipinski definition) is 2. The van der Waals surface area contributed by atoms with Crippen molar-refractivity contribution >= 4 is 33.3 Å². The van der Waals surface area contributed by atoms with E-state index >= 15 is 0 Å². The third-order valence-electron chi connectivity index (χ3n) is 1.91. The van der Waals surface area contributed by atoms with Crippen LogP contribution in [0.2, 0.25) is 0 Å². The molecule has 15 heavy (non-hydrogen) atoms. The summed E-state index contributed by atoms with van der Waals surface area (Å²) in [5.74, 6) is 0. The van der Waals surface area contributed by atoms with Gasteiger partial charge in [0.15, 0.2) is 0 Å². The topological polar surface area (TPSA) is 12.0 Å². The Hall–Kier alpha value is -0.120. The summed E-state index contributed by atoms with van der Waals surface area (Å²) in [6.07, 6.45) is 4.34. The fourth-order valence-corrected chi connectivity index (χ4v) is 2.60. The van der Waals surface area contributed by atoms with Crippen molar-refractivity contribution in [1.29, 1.82) is 0 Å². The molecule has 84 valence electrons. The lowest BCUT2D eigenvalue weighted by molar-refractivity contribution is 0.450. The summed E-state index contributed by atoms with van der Waals surface area (Å²) in [5, 5.41) is 3.42. The predicted molar refractivity (Wildman–Crippen MR) is 73.5 cm³/mol. The van der Waals surface area contributed by atoms with Crippen LogP contribution in [0, 0.1) is 6.92 Å². The highest BCUT2D eigenvalue weighted by molar-refractivity contribution is 9.10. The molecule has 1 aromatic heterocycles. The number of halogens is 1. The van der Waals surface area contributed by atoms with Crippen LogP contribution in [-0.4, -0.2) is 12.1 Å². The fraction of sp³-hybridized carbons (Fsp3) is 0.500. The van der Waals surface area contributed by atoms with E-state index in [1.165, 1.54) is 14.2 Å². The molecule has 0 atom stereocenters. The summed E-state index contributed by atoms with van der Waals surface area (Å²) in [4.78, 5) is 2.63. The first-order chi connectivity index (χ1) is 6.88. The van der Waals surface area contributed by atoms with Gasteiger partial charge in [-0.05, 0) is 55.8 Å². The van der Waals surface area contributed by atoms with E-state index in [1.807, 2.05) is 11.3 Å². The van der Waals surface area contributed by atoms with Gasteiger partial charge in [-0.1, -0.05) is 6.08 Å². The maximum atomic E-state index is 3.52. The predicted octanol–water partition coefficient (Wildman–Crippen LogP) is 4.22. The molecule has 0 aromatic carbocycles. The molecule has 1 nitrogen and oxygen atoms in total. The minimum Gasteiger partial charge on any atom is -0.309 e. The van der Waals surface area contributed by atoms with E-state index in [0.717, 1.165) is 6.54 Å². The summed E-state index contributed by atoms with van der Waals surface area (Å²) in [6.45, 7) is 9.56. The molecule has 1 heterocycles. The van der Waals surface area contributed by atoms with Gasteiger partial charge in [0.05, 0.1) is 0 Å². The molecule has 1 aromatic rings. The van der Waals surface area contributed by atoms with Crippen LogP contribution in [0.1, 0.15) is 30.5 Å². The molecule has 1 rings (SSSR count). The summed E-state index contributed by atoms with van der Waals surface area (Å²) < 4.78 is 1.20. The van der Waals surface area contributed by atoms with Gasteiger partial charge in [0.25, 0.3) is 0 Å². The molecule has 0 saturated heterocycles. The Balaban J connectivity index is 2.45. The van der Waals surface area contributed by atoms with E-state index in [2.05, 4.69) is 67.2 Å². The van der Waals surface area contributed by atoms with Gasteiger partial charge in [0.1, 0.15) is 0 Å². The Morgan fingerprint density at radius 3 is 2.60 bits per heavy atom. The molecule has 0 spiro atoms. The first-order valence-corrected chi connectivity index (χ1v) is 6.67. The highest BCUT2D eigenvalue weighted by Gasteiger charge is 2.05. The zero-order valence-corrected chi connectivity index (χ0v) is 12.1. The monoisotopic (exact) mass is 287 g/mol. The van der Waals surface area contributed by atoms with Crippen molar-refractivity contribution < 1.29 is 0 Å². The molecule has 0 aliphatic heterocycles. The largest absolute Gasteiger partial charge is 0.309 e. The molecular weight excluding hydrogens is 270 g/mol. The Morgan fingerprint density at radius 1 is 1.47 bits per heavy atom. The van der Waals surface area contributed by atoms with Crippen molar-refractivity contribution in [1.82, 2.24) is 5.32 Å². The maximum absolute atomic E-state index is 3.52. The van der Waals surface area contributed by atoms with Gasteiger partial charge in [-0.3, -0.25) is 0 Å². The van der Waals surface area contributed by atoms with Gasteiger partial charge in [-0.15, -0.1) is 11.3 Å². The standard InChI is InChI=1S/C12H18BrNS/c1-9-11(13)8-10(15-9)6-5-7-14-12(2,3)4/h5-6,8,14H,7H2,1-4H3/b6-5+. The normalized spacial score (nSPS) is 12.6. The van der Waals surface area contributed by atoms with Crippen molar-refractivity contribution in [3.05, 3.63) is 26.4 Å². The van der Waals surface area contributed by atoms with Gasteiger partial charge in [-0.2, -0.15) is 0 Å². The van der Waals surface area contributed by atoms with Gasteiger partial charge in [-0.25, -0.2) is 0 Å². The van der Waals surface area contributed by atoms with E-state index in [-0.39, 0.29) is 5.54 Å². The van der Waals surface area contributed by atoms with Crippen LogP contribution in [0.3, 0.4) is 0 Å². The molecule has 0 saturated carbocycles. The zero-order chi connectivity index (χ0) is 11.5. The number of hydrogen-bond donors (Lipinski definition) is 1. The Labute approximate surface area is 105 Å². The molecule has 1 N–H and O–H groups in total. The number of nitrogens with one attached hydrogen (secondary N) is 1. The van der Waals surface area contributed by atoms with Crippen molar-refractivity contribution in [3.8, 4) is 0 Å². The van der Waals surface area contributed by atoms with E-state index < -0.39 is 0 Å². The average Bonchev–Trinajstić information content (AvgIpc) is 2.39. The van der Waals surface area contributed by atoms with Crippen LogP contribution in [0.4, 0.5) is 0 Å². The van der Waals surface area contributed by atoms with Crippen LogP contribution in [0.25, 0.3) is 6.08 Å². The second kappa shape index (κ2) is 5.28. The van der Waals surface area contributed by atoms with Gasteiger partial charge >= 0.3 is 0 Å². The molecule has 3 heteroatoms. The van der Waals surface area contributed by atoms with E-state index in [1.54, 1.807) is 0 Å². The molecular formula is C12H18BrNS. The SMILES string of the molecule is Cc1sc(/C=C/CNC(C)(C)C)cc1Br. The number of aryl methyl sites for hydroxylation is 1. The van der Waals surface area contributed by atoms with Crippen LogP contribution < -0.4 is 5.32 Å². The number of rotatable bonds is 3. The van der Waals surface area contributed by atoms with Crippen LogP contribution in [0.15, 0.2) is 16.6 Å². The molecule has 0 aliphatic rings. The summed E-state index contributed by atoms with van der Waals surface area (Å²) in [7, 11) is 0. The van der Waals surface area contributed by atoms with Crippen molar-refractivity contribution in [3.63, 3.8) is 0 Å². The second-order valence-corrected chi connectivity index (χ2v) is 6.73. The first-order valence-electron chi connectivity index (χ1n) is 5.06. The molecule has 0 fully saturated rings. The summed E-state index contributed by atoms with van der Waals surface area (Å²) in [5.41, 5.74) is 0.191. The quantitative estimate of drug-likeness (QED) is 0.878. The van der Waals surface area contributed by atoms with Crippen molar-refractivity contribution in [2.75, 3.05) is 6.54 Å². The minimum absolute atomic E-state index is 0.191. The zero-order valence-electron chi connectivity index (χ0n) is 9.73. The molecule has 0 amide bonds. The lowest BCUT2D eigenvalue weighted by Gasteiger charge is -2.18. The number of thiophene rings is 1. The first kappa shape index (κ1) is 12.9. The fourth-order valence-electron chi connectivity index (χ4n) is 1.10. The van der Waals surface area contributed by atoms with Gasteiger partial charge in [0.2, 0.25) is 0 Å². The third-order valence-corrected chi connectivity index (χ3v) is 4.01. The second-order valence-electron chi connectivity index (χ2n) is 4.59. The highest BCUT2D eigenvalue weighted by Crippen LogP contribution is 2.26. The van der Waals surface area contributed by atoms with Crippen LogP contribution in [0.5, 0.6) is 0 Å². The van der Waals surface area contributed by atoms with Gasteiger partial charge in [0, 0.05) is 26.3 Å². The minimum atomic E-state index is 0.191. The molecule has 0 radical (unpaired) electrons. The summed E-state index contributed by atoms with van der Waals surface area (Å²) in [6, 6.07) is 2.16. The van der Waals surface area contributed by atoms with Gasteiger partial charge < -0.3 is 5.32 Å². The van der Waals surface area contributed by atoms with Crippen molar-refractivity contribution in [2.45, 2.75) is 33.2 Å². The van der Waals surface area contributed by atoms with Crippen LogP contribution >= 0.6 is 27.3 Å². The smallest absolute Gasteiger partial charge is 0.0317 e. The molecule has 0 aliphatic carbocycles. The maximum Gasteiger partial charge on any atom is 0.0317 e. The summed E-state index contributed by atoms with van der Waals surface area (Å²) >= 11 is 5.33. The van der Waals surface area contributed by atoms with E-state index in [4.69, 9.17) is 0 Å². The Kier molecular flexibility index (Phi) is 4.56. The lowest BCUT2D eigenvalue weighted by Crippen LogP contribution is -2.35. The average molecular weight is 288 g/mol. The Morgan fingerprint density at radius 2 is 2.13 bits per heavy atom. The van der Waals surface area contributed by atoms with E-state index in [9.17, 15) is 0 Å². The van der Waals surface area contributed by atoms with E-state index in [0.29, 0.717) is 0 Å². The highest BCUT2D eigenvalue weighted by atomic mass is 79.9. The van der Waals surface area contributed by atoms with Crippen LogP contribution in [-0.2, 0) is 0 Å². The molecule has 0 unspecified atom stereocenters.